The van der Waals surface area contributed by atoms with Gasteiger partial charge in [-0.05, 0) is 52.2 Å². The van der Waals surface area contributed by atoms with Gasteiger partial charge < -0.3 is 5.32 Å². The number of piperazine rings is 1. The zero-order valence-electron chi connectivity index (χ0n) is 13.6. The average molecular weight is 317 g/mol. The van der Waals surface area contributed by atoms with Crippen LogP contribution in [0.25, 0.3) is 0 Å². The minimum absolute atomic E-state index is 0.123. The number of fused-ring (bicyclic) bond motifs is 1. The van der Waals surface area contributed by atoms with Crippen LogP contribution in [0.3, 0.4) is 0 Å². The fraction of sp³-hybridized carbons (Fsp3) is 1.00. The predicted octanol–water partition coefficient (Wildman–Crippen LogP) is 1.26. The Balaban J connectivity index is 1.86. The Morgan fingerprint density at radius 2 is 2.00 bits per heavy atom. The summed E-state index contributed by atoms with van der Waals surface area (Å²) in [5.74, 6) is 0.301. The lowest BCUT2D eigenvalue weighted by atomic mass is 9.99. The molecular formula is C15H31N3O2S. The van der Waals surface area contributed by atoms with E-state index in [1.54, 1.807) is 4.31 Å². The Bertz CT molecular complexity index is 413. The van der Waals surface area contributed by atoms with Crippen molar-refractivity contribution in [3.8, 4) is 0 Å². The molecule has 2 fully saturated rings. The molecule has 0 amide bonds. The van der Waals surface area contributed by atoms with Crippen LogP contribution in [0.2, 0.25) is 0 Å². The van der Waals surface area contributed by atoms with Crippen molar-refractivity contribution in [2.24, 2.45) is 0 Å². The third-order valence-electron chi connectivity index (χ3n) is 4.74. The summed E-state index contributed by atoms with van der Waals surface area (Å²) in [7, 11) is -3.09. The lowest BCUT2D eigenvalue weighted by molar-refractivity contribution is 0.0564. The molecule has 2 aliphatic heterocycles. The molecule has 2 aliphatic rings. The van der Waals surface area contributed by atoms with E-state index >= 15 is 0 Å². The first kappa shape index (κ1) is 17.2. The van der Waals surface area contributed by atoms with E-state index in [-0.39, 0.29) is 6.04 Å². The van der Waals surface area contributed by atoms with E-state index in [9.17, 15) is 8.42 Å². The van der Waals surface area contributed by atoms with Gasteiger partial charge in [0, 0.05) is 25.2 Å². The molecule has 2 unspecified atom stereocenters. The van der Waals surface area contributed by atoms with Crippen LogP contribution in [0, 0.1) is 0 Å². The Labute approximate surface area is 130 Å². The highest BCUT2D eigenvalue weighted by Gasteiger charge is 2.38. The predicted molar refractivity (Wildman–Crippen MR) is 86.9 cm³/mol. The van der Waals surface area contributed by atoms with Crippen molar-refractivity contribution in [2.45, 2.75) is 58.0 Å². The zero-order valence-corrected chi connectivity index (χ0v) is 14.4. The van der Waals surface area contributed by atoms with Crippen LogP contribution in [-0.4, -0.2) is 68.2 Å². The van der Waals surface area contributed by atoms with Gasteiger partial charge in [-0.25, -0.2) is 8.42 Å². The SMILES string of the molecule is CCNCCCCS(=O)(=O)N1CC2CCCCN2CC1C. The number of rotatable bonds is 7. The summed E-state index contributed by atoms with van der Waals surface area (Å²) < 4.78 is 27.0. The molecule has 124 valence electrons. The molecule has 0 spiro atoms. The molecule has 2 heterocycles. The van der Waals surface area contributed by atoms with E-state index < -0.39 is 10.0 Å². The van der Waals surface area contributed by atoms with E-state index in [0.717, 1.165) is 45.4 Å². The van der Waals surface area contributed by atoms with Gasteiger partial charge in [-0.1, -0.05) is 13.3 Å². The van der Waals surface area contributed by atoms with Crippen molar-refractivity contribution < 1.29 is 8.42 Å². The van der Waals surface area contributed by atoms with Crippen LogP contribution in [-0.2, 0) is 10.0 Å². The van der Waals surface area contributed by atoms with E-state index in [4.69, 9.17) is 0 Å². The van der Waals surface area contributed by atoms with Crippen molar-refractivity contribution in [1.29, 1.82) is 0 Å². The molecule has 0 aromatic carbocycles. The molecule has 0 radical (unpaired) electrons. The first-order valence-corrected chi connectivity index (χ1v) is 10.1. The van der Waals surface area contributed by atoms with Crippen molar-refractivity contribution in [3.05, 3.63) is 0 Å². The monoisotopic (exact) mass is 317 g/mol. The molecule has 0 aromatic rings. The number of hydrogen-bond donors (Lipinski definition) is 1. The van der Waals surface area contributed by atoms with Crippen molar-refractivity contribution in [1.82, 2.24) is 14.5 Å². The summed E-state index contributed by atoms with van der Waals surface area (Å²) in [6, 6.07) is 0.574. The number of unbranched alkanes of at least 4 members (excludes halogenated alkanes) is 1. The second kappa shape index (κ2) is 7.90. The highest BCUT2D eigenvalue weighted by molar-refractivity contribution is 7.89. The van der Waals surface area contributed by atoms with Crippen LogP contribution < -0.4 is 5.32 Å². The molecule has 0 aromatic heterocycles. The van der Waals surface area contributed by atoms with Crippen molar-refractivity contribution in [3.63, 3.8) is 0 Å². The summed E-state index contributed by atoms with van der Waals surface area (Å²) in [4.78, 5) is 2.49. The van der Waals surface area contributed by atoms with Crippen LogP contribution >= 0.6 is 0 Å². The van der Waals surface area contributed by atoms with Gasteiger partial charge in [0.25, 0.3) is 0 Å². The van der Waals surface area contributed by atoms with Crippen LogP contribution in [0.1, 0.15) is 46.0 Å². The number of nitrogens with one attached hydrogen (secondary N) is 1. The van der Waals surface area contributed by atoms with E-state index in [0.29, 0.717) is 18.3 Å². The smallest absolute Gasteiger partial charge is 0.214 e. The van der Waals surface area contributed by atoms with Crippen LogP contribution in [0.5, 0.6) is 0 Å². The fourth-order valence-corrected chi connectivity index (χ4v) is 5.36. The number of nitrogens with zero attached hydrogens (tertiary/aromatic N) is 2. The lowest BCUT2D eigenvalue weighted by Crippen LogP contribution is -2.60. The molecule has 2 saturated heterocycles. The standard InChI is InChI=1S/C15H31N3O2S/c1-3-16-9-5-7-11-21(19,20)18-13-15-8-4-6-10-17(15)12-14(18)2/h14-16H,3-13H2,1-2H3. The Morgan fingerprint density at radius 1 is 1.19 bits per heavy atom. The van der Waals surface area contributed by atoms with Gasteiger partial charge in [-0.2, -0.15) is 4.31 Å². The van der Waals surface area contributed by atoms with E-state index in [1.807, 2.05) is 0 Å². The second-order valence-electron chi connectivity index (χ2n) is 6.44. The maximum Gasteiger partial charge on any atom is 0.214 e. The third kappa shape index (κ3) is 4.65. The second-order valence-corrected chi connectivity index (χ2v) is 8.48. The first-order chi connectivity index (χ1) is 10.0. The average Bonchev–Trinajstić information content (AvgIpc) is 2.46. The van der Waals surface area contributed by atoms with Gasteiger partial charge in [0.15, 0.2) is 0 Å². The highest BCUT2D eigenvalue weighted by atomic mass is 32.2. The molecular weight excluding hydrogens is 286 g/mol. The largest absolute Gasteiger partial charge is 0.317 e. The molecule has 0 bridgehead atoms. The summed E-state index contributed by atoms with van der Waals surface area (Å²) in [5.41, 5.74) is 0. The molecule has 2 atom stereocenters. The molecule has 1 N–H and O–H groups in total. The third-order valence-corrected chi connectivity index (χ3v) is 6.77. The molecule has 0 aliphatic carbocycles. The maximum absolute atomic E-state index is 12.6. The lowest BCUT2D eigenvalue weighted by Gasteiger charge is -2.46. The van der Waals surface area contributed by atoms with E-state index in [2.05, 4.69) is 24.1 Å². The van der Waals surface area contributed by atoms with Crippen LogP contribution in [0.4, 0.5) is 0 Å². The Morgan fingerprint density at radius 3 is 2.76 bits per heavy atom. The van der Waals surface area contributed by atoms with Crippen molar-refractivity contribution in [2.75, 3.05) is 38.5 Å². The highest BCUT2D eigenvalue weighted by Crippen LogP contribution is 2.26. The number of sulfonamides is 1. The number of piperidine rings is 1. The minimum atomic E-state index is -3.09. The van der Waals surface area contributed by atoms with Gasteiger partial charge in [-0.15, -0.1) is 0 Å². The van der Waals surface area contributed by atoms with E-state index in [1.165, 1.54) is 12.8 Å². The Hall–Kier alpha value is -0.170. The molecule has 0 saturated carbocycles. The van der Waals surface area contributed by atoms with Gasteiger partial charge >= 0.3 is 0 Å². The molecule has 6 heteroatoms. The molecule has 21 heavy (non-hydrogen) atoms. The first-order valence-electron chi connectivity index (χ1n) is 8.49. The topological polar surface area (TPSA) is 52.7 Å². The number of hydrogen-bond acceptors (Lipinski definition) is 4. The fourth-order valence-electron chi connectivity index (χ4n) is 3.54. The van der Waals surface area contributed by atoms with Gasteiger partial charge in [0.1, 0.15) is 0 Å². The summed E-state index contributed by atoms with van der Waals surface area (Å²) in [6.45, 7) is 8.75. The Kier molecular flexibility index (Phi) is 6.47. The summed E-state index contributed by atoms with van der Waals surface area (Å²) in [5, 5.41) is 3.24. The maximum atomic E-state index is 12.6. The zero-order chi connectivity index (χ0) is 15.3. The normalized spacial score (nSPS) is 28.5. The van der Waals surface area contributed by atoms with Crippen molar-refractivity contribution >= 4 is 10.0 Å². The van der Waals surface area contributed by atoms with Gasteiger partial charge in [0.2, 0.25) is 10.0 Å². The summed E-state index contributed by atoms with van der Waals surface area (Å²) >= 11 is 0. The quantitative estimate of drug-likeness (QED) is 0.718. The minimum Gasteiger partial charge on any atom is -0.317 e. The summed E-state index contributed by atoms with van der Waals surface area (Å²) in [6.07, 6.45) is 5.35. The van der Waals surface area contributed by atoms with Gasteiger partial charge in [0.05, 0.1) is 5.75 Å². The molecule has 2 rings (SSSR count). The van der Waals surface area contributed by atoms with Crippen LogP contribution in [0.15, 0.2) is 0 Å². The molecule has 5 nitrogen and oxygen atoms in total. The van der Waals surface area contributed by atoms with Gasteiger partial charge in [-0.3, -0.25) is 4.90 Å².